The van der Waals surface area contributed by atoms with Crippen LogP contribution in [-0.4, -0.2) is 97.0 Å². The van der Waals surface area contributed by atoms with Crippen molar-refractivity contribution in [2.24, 2.45) is 28.6 Å². The molecule has 0 radical (unpaired) electrons. The van der Waals surface area contributed by atoms with Crippen LogP contribution < -0.4 is 21.3 Å². The van der Waals surface area contributed by atoms with Crippen molar-refractivity contribution in [3.8, 4) is 0 Å². The Morgan fingerprint density at radius 1 is 0.960 bits per heavy atom. The summed E-state index contributed by atoms with van der Waals surface area (Å²) in [7, 11) is -3.39. The number of urea groups is 1. The molecule has 13 heteroatoms. The predicted octanol–water partition coefficient (Wildman–Crippen LogP) is 3.05. The van der Waals surface area contributed by atoms with E-state index in [1.807, 2.05) is 20.8 Å². The number of nitrogens with one attached hydrogen (secondary N) is 4. The molecule has 0 aromatic heterocycles. The lowest BCUT2D eigenvalue weighted by molar-refractivity contribution is -0.145. The minimum absolute atomic E-state index is 0.0704. The molecule has 2 saturated heterocycles. The van der Waals surface area contributed by atoms with Crippen molar-refractivity contribution in [1.82, 2.24) is 26.2 Å². The fourth-order valence-electron chi connectivity index (χ4n) is 9.05. The number of ketones is 2. The van der Waals surface area contributed by atoms with Crippen LogP contribution in [0, 0.1) is 28.6 Å². The molecule has 3 aliphatic carbocycles. The van der Waals surface area contributed by atoms with Crippen molar-refractivity contribution in [2.75, 3.05) is 25.4 Å². The summed E-state index contributed by atoms with van der Waals surface area (Å²) >= 11 is 0. The van der Waals surface area contributed by atoms with Crippen LogP contribution in [0.5, 0.6) is 0 Å². The standard InChI is InChI=1S/C37H59N5O7S/c1-7-18-38-21-26(43)30(44)25(20-23-14-15-23)39-32(45)29-28-24(36(28,5)6)22-42(29)33(46)31(35(2,3)4)40-34(47)41-37(16-10-8-11-17-37)27-13-9-12-19-50(27,48)49/h7,23-25,27-29,31,38H,1,8-22H2,2-6H3,(H,39,45)(H2,40,41,47). The molecule has 6 unspecified atom stereocenters. The summed E-state index contributed by atoms with van der Waals surface area (Å²) in [5, 5.41) is 11.1. The molecule has 0 aromatic rings. The maximum absolute atomic E-state index is 14.5. The summed E-state index contributed by atoms with van der Waals surface area (Å²) in [4.78, 5) is 70.2. The maximum Gasteiger partial charge on any atom is 0.315 e. The number of sulfone groups is 1. The summed E-state index contributed by atoms with van der Waals surface area (Å²) in [6, 6.07) is -3.43. The van der Waals surface area contributed by atoms with Gasteiger partial charge in [-0.15, -0.1) is 6.58 Å². The van der Waals surface area contributed by atoms with Crippen molar-refractivity contribution < 1.29 is 32.4 Å². The van der Waals surface area contributed by atoms with E-state index >= 15 is 0 Å². The monoisotopic (exact) mass is 717 g/mol. The van der Waals surface area contributed by atoms with E-state index < -0.39 is 73.6 Å². The topological polar surface area (TPSA) is 171 Å². The normalized spacial score (nSPS) is 29.1. The highest BCUT2D eigenvalue weighted by molar-refractivity contribution is 7.92. The Hall–Kier alpha value is -2.80. The smallest absolute Gasteiger partial charge is 0.315 e. The van der Waals surface area contributed by atoms with Gasteiger partial charge in [-0.1, -0.05) is 79.2 Å². The zero-order valence-electron chi connectivity index (χ0n) is 30.6. The highest BCUT2D eigenvalue weighted by Crippen LogP contribution is 2.65. The van der Waals surface area contributed by atoms with Crippen LogP contribution in [0.1, 0.15) is 105 Å². The number of hydrogen-bond donors (Lipinski definition) is 4. The first-order valence-electron chi connectivity index (χ1n) is 18.7. The number of carbonyl (C=O) groups excluding carboxylic acids is 5. The Bertz CT molecular complexity index is 1460. The van der Waals surface area contributed by atoms with Gasteiger partial charge >= 0.3 is 6.03 Å². The van der Waals surface area contributed by atoms with Gasteiger partial charge < -0.3 is 26.2 Å². The quantitative estimate of drug-likeness (QED) is 0.121. The van der Waals surface area contributed by atoms with Gasteiger partial charge in [0, 0.05) is 13.1 Å². The van der Waals surface area contributed by atoms with E-state index in [4.69, 9.17) is 0 Å². The molecule has 50 heavy (non-hydrogen) atoms. The Balaban J connectivity index is 1.34. The van der Waals surface area contributed by atoms with Gasteiger partial charge in [0.25, 0.3) is 0 Å². The van der Waals surface area contributed by atoms with E-state index in [9.17, 15) is 32.4 Å². The Labute approximate surface area is 298 Å². The molecule has 0 aromatic carbocycles. The van der Waals surface area contributed by atoms with Gasteiger partial charge in [-0.05, 0) is 60.7 Å². The number of carbonyl (C=O) groups is 5. The van der Waals surface area contributed by atoms with Crippen molar-refractivity contribution in [2.45, 2.75) is 134 Å². The number of piperidine rings is 1. The van der Waals surface area contributed by atoms with Gasteiger partial charge in [-0.25, -0.2) is 13.2 Å². The predicted molar refractivity (Wildman–Crippen MR) is 191 cm³/mol. The molecule has 6 atom stereocenters. The highest BCUT2D eigenvalue weighted by Gasteiger charge is 2.70. The maximum atomic E-state index is 14.5. The second-order valence-electron chi connectivity index (χ2n) is 17.3. The second-order valence-corrected chi connectivity index (χ2v) is 19.6. The van der Waals surface area contributed by atoms with E-state index in [1.165, 1.54) is 0 Å². The molecule has 280 valence electrons. The average Bonchev–Trinajstić information content (AvgIpc) is 3.89. The fourth-order valence-corrected chi connectivity index (χ4v) is 11.4. The lowest BCUT2D eigenvalue weighted by Crippen LogP contribution is -2.66. The summed E-state index contributed by atoms with van der Waals surface area (Å²) in [6.45, 7) is 13.9. The molecule has 4 amide bonds. The van der Waals surface area contributed by atoms with Crippen LogP contribution in [-0.2, 0) is 29.0 Å². The molecule has 12 nitrogen and oxygen atoms in total. The molecule has 5 rings (SSSR count). The van der Waals surface area contributed by atoms with Gasteiger partial charge in [-0.2, -0.15) is 0 Å². The van der Waals surface area contributed by atoms with E-state index in [2.05, 4.69) is 41.7 Å². The fraction of sp³-hybridized carbons (Fsp3) is 0.811. The third-order valence-corrected chi connectivity index (χ3v) is 14.6. The third kappa shape index (κ3) is 8.13. The largest absolute Gasteiger partial charge is 0.344 e. The number of amides is 4. The minimum Gasteiger partial charge on any atom is -0.344 e. The van der Waals surface area contributed by atoms with E-state index in [0.29, 0.717) is 45.2 Å². The Morgan fingerprint density at radius 2 is 1.64 bits per heavy atom. The molecule has 3 saturated carbocycles. The molecule has 5 fully saturated rings. The van der Waals surface area contributed by atoms with Crippen LogP contribution in [0.3, 0.4) is 0 Å². The number of hydrogen-bond acceptors (Lipinski definition) is 8. The van der Waals surface area contributed by atoms with Crippen LogP contribution in [0.15, 0.2) is 12.7 Å². The van der Waals surface area contributed by atoms with Crippen LogP contribution >= 0.6 is 0 Å². The molecule has 2 aliphatic heterocycles. The average molecular weight is 718 g/mol. The SMILES string of the molecule is C=CCNCC(=O)C(=O)C(CC1CC1)NC(=O)C1C2C(CN1C(=O)C(NC(=O)NC1(C3CCCCS3(=O)=O)CCCCC1)C(C)(C)C)C2(C)C. The lowest BCUT2D eigenvalue weighted by Gasteiger charge is -2.45. The summed E-state index contributed by atoms with van der Waals surface area (Å²) in [5.41, 5.74) is -1.83. The first kappa shape index (κ1) is 38.4. The van der Waals surface area contributed by atoms with Crippen LogP contribution in [0.25, 0.3) is 0 Å². The molecule has 0 bridgehead atoms. The molecular formula is C37H59N5O7S. The van der Waals surface area contributed by atoms with Gasteiger partial charge in [0.05, 0.1) is 29.1 Å². The zero-order valence-corrected chi connectivity index (χ0v) is 31.5. The number of likely N-dealkylation sites (tertiary alicyclic amines) is 1. The molecular weight excluding hydrogens is 659 g/mol. The summed E-state index contributed by atoms with van der Waals surface area (Å²) in [6.07, 6.45) is 9.52. The molecule has 5 aliphatic rings. The zero-order chi connectivity index (χ0) is 36.6. The first-order valence-corrected chi connectivity index (χ1v) is 20.4. The Morgan fingerprint density at radius 3 is 2.24 bits per heavy atom. The van der Waals surface area contributed by atoms with Gasteiger partial charge in [0.2, 0.25) is 23.4 Å². The second kappa shape index (κ2) is 14.7. The van der Waals surface area contributed by atoms with E-state index in [1.54, 1.807) is 11.0 Å². The minimum atomic E-state index is -3.39. The van der Waals surface area contributed by atoms with E-state index in [-0.39, 0.29) is 35.5 Å². The van der Waals surface area contributed by atoms with Gasteiger partial charge in [0.1, 0.15) is 12.1 Å². The summed E-state index contributed by atoms with van der Waals surface area (Å²) in [5.74, 6) is -1.79. The van der Waals surface area contributed by atoms with Crippen molar-refractivity contribution in [3.05, 3.63) is 12.7 Å². The van der Waals surface area contributed by atoms with E-state index in [0.717, 1.165) is 38.5 Å². The third-order valence-electron chi connectivity index (χ3n) is 12.2. The Kier molecular flexibility index (Phi) is 11.3. The van der Waals surface area contributed by atoms with Crippen molar-refractivity contribution in [1.29, 1.82) is 0 Å². The van der Waals surface area contributed by atoms with Crippen molar-refractivity contribution in [3.63, 3.8) is 0 Å². The number of fused-ring (bicyclic) bond motifs is 1. The first-order chi connectivity index (χ1) is 23.4. The highest BCUT2D eigenvalue weighted by atomic mass is 32.2. The number of nitrogens with zero attached hydrogens (tertiary/aromatic N) is 1. The van der Waals surface area contributed by atoms with Gasteiger partial charge in [0.15, 0.2) is 9.84 Å². The lowest BCUT2D eigenvalue weighted by atomic mass is 9.77. The van der Waals surface area contributed by atoms with Crippen LogP contribution in [0.2, 0.25) is 0 Å². The number of rotatable bonds is 14. The molecule has 2 heterocycles. The molecule has 0 spiro atoms. The van der Waals surface area contributed by atoms with Crippen molar-refractivity contribution >= 4 is 39.2 Å². The van der Waals surface area contributed by atoms with Gasteiger partial charge in [-0.3, -0.25) is 19.2 Å². The van der Waals surface area contributed by atoms with Crippen LogP contribution in [0.4, 0.5) is 4.79 Å². The number of Topliss-reactive ketones (excluding diaryl/α,β-unsaturated/α-hetero) is 2. The summed E-state index contributed by atoms with van der Waals surface area (Å²) < 4.78 is 26.6. The molecule has 4 N–H and O–H groups in total.